The third-order valence-corrected chi connectivity index (χ3v) is 5.55. The van der Waals surface area contributed by atoms with Gasteiger partial charge in [-0.1, -0.05) is 43.3 Å². The maximum Gasteiger partial charge on any atom is 0.277 e. The summed E-state index contributed by atoms with van der Waals surface area (Å²) >= 11 is 1.66. The normalized spacial score (nSPS) is 12.3. The van der Waals surface area contributed by atoms with Crippen LogP contribution in [0.2, 0.25) is 0 Å². The summed E-state index contributed by atoms with van der Waals surface area (Å²) in [5, 5.41) is 0.981. The van der Waals surface area contributed by atoms with Gasteiger partial charge in [0.05, 0.1) is 23.8 Å². The van der Waals surface area contributed by atoms with Gasteiger partial charge >= 0.3 is 0 Å². The number of carbonyl (C=O) groups is 1. The molecule has 3 aromatic rings. The Labute approximate surface area is 159 Å². The zero-order valence-corrected chi connectivity index (χ0v) is 16.5. The molecule has 1 atom stereocenters. The molecule has 0 aliphatic rings. The largest absolute Gasteiger partial charge is 0.334 e. The van der Waals surface area contributed by atoms with E-state index < -0.39 is 0 Å². The van der Waals surface area contributed by atoms with Gasteiger partial charge in [0.2, 0.25) is 0 Å². The summed E-state index contributed by atoms with van der Waals surface area (Å²) in [5.74, 6) is 0.145. The number of rotatable bonds is 7. The second-order valence-corrected chi connectivity index (χ2v) is 7.92. The molecule has 1 heterocycles. The van der Waals surface area contributed by atoms with Crippen LogP contribution in [0.5, 0.6) is 0 Å². The zero-order valence-electron chi connectivity index (χ0n) is 15.7. The molecule has 0 spiro atoms. The molecule has 0 radical (unpaired) electrons. The Morgan fingerprint density at radius 1 is 1.12 bits per heavy atom. The van der Waals surface area contributed by atoms with Gasteiger partial charge in [0.1, 0.15) is 11.6 Å². The molecule has 1 N–H and O–H groups in total. The van der Waals surface area contributed by atoms with Crippen molar-refractivity contribution in [2.45, 2.75) is 26.4 Å². The highest BCUT2D eigenvalue weighted by Gasteiger charge is 2.16. The lowest BCUT2D eigenvalue weighted by Gasteiger charge is -2.19. The van der Waals surface area contributed by atoms with Crippen LogP contribution in [0.25, 0.3) is 10.2 Å². The van der Waals surface area contributed by atoms with Crippen LogP contribution in [-0.4, -0.2) is 36.4 Å². The van der Waals surface area contributed by atoms with Gasteiger partial charge in [0, 0.05) is 12.6 Å². The fourth-order valence-electron chi connectivity index (χ4n) is 2.98. The maximum atomic E-state index is 12.5. The van der Waals surface area contributed by atoms with Crippen LogP contribution in [0, 0.1) is 0 Å². The smallest absolute Gasteiger partial charge is 0.277 e. The van der Waals surface area contributed by atoms with Crippen molar-refractivity contribution in [1.82, 2.24) is 9.88 Å². The molecule has 26 heavy (non-hydrogen) atoms. The van der Waals surface area contributed by atoms with Crippen molar-refractivity contribution < 1.29 is 9.69 Å². The van der Waals surface area contributed by atoms with Crippen LogP contribution < -0.4 is 4.90 Å². The van der Waals surface area contributed by atoms with Gasteiger partial charge in [-0.3, -0.25) is 4.79 Å². The summed E-state index contributed by atoms with van der Waals surface area (Å²) in [4.78, 5) is 20.1. The minimum Gasteiger partial charge on any atom is -0.334 e. The van der Waals surface area contributed by atoms with E-state index in [0.717, 1.165) is 23.5 Å². The number of aromatic nitrogens is 1. The molecule has 0 saturated heterocycles. The van der Waals surface area contributed by atoms with Gasteiger partial charge in [0.25, 0.3) is 5.91 Å². The number of fused-ring (bicyclic) bond motifs is 1. The van der Waals surface area contributed by atoms with E-state index in [0.29, 0.717) is 13.1 Å². The highest BCUT2D eigenvalue weighted by molar-refractivity contribution is 7.18. The number of aryl methyl sites for hydroxylation is 1. The molecule has 0 saturated carbocycles. The summed E-state index contributed by atoms with van der Waals surface area (Å²) < 4.78 is 1.17. The van der Waals surface area contributed by atoms with Gasteiger partial charge in [0.15, 0.2) is 6.54 Å². The average molecular weight is 369 g/mol. The van der Waals surface area contributed by atoms with E-state index in [1.165, 1.54) is 20.7 Å². The number of likely N-dealkylation sites (N-methyl/N-ethyl adjacent to an activating group) is 2. The van der Waals surface area contributed by atoms with Crippen LogP contribution in [0.3, 0.4) is 0 Å². The van der Waals surface area contributed by atoms with Crippen LogP contribution >= 0.6 is 11.3 Å². The predicted octanol–water partition coefficient (Wildman–Crippen LogP) is 2.53. The maximum absolute atomic E-state index is 12.5. The van der Waals surface area contributed by atoms with Gasteiger partial charge in [-0.2, -0.15) is 0 Å². The monoisotopic (exact) mass is 368 g/mol. The third-order valence-electron chi connectivity index (χ3n) is 4.53. The SMILES string of the molecule is CCc1ccc(C[NH+](C)CC(=O)N(C)Cc2nc3ccccc3s2)cc1. The van der Waals surface area contributed by atoms with Crippen LogP contribution in [-0.2, 0) is 24.3 Å². The van der Waals surface area contributed by atoms with Crippen molar-refractivity contribution in [3.63, 3.8) is 0 Å². The second kappa shape index (κ2) is 8.43. The molecule has 5 heteroatoms. The predicted molar refractivity (Wildman–Crippen MR) is 107 cm³/mol. The van der Waals surface area contributed by atoms with Crippen LogP contribution in [0.4, 0.5) is 0 Å². The quantitative estimate of drug-likeness (QED) is 0.696. The fourth-order valence-corrected chi connectivity index (χ4v) is 4.00. The fraction of sp³-hybridized carbons (Fsp3) is 0.333. The molecule has 0 fully saturated rings. The summed E-state index contributed by atoms with van der Waals surface area (Å²) in [7, 11) is 3.93. The van der Waals surface area contributed by atoms with Gasteiger partial charge in [-0.15, -0.1) is 11.3 Å². The van der Waals surface area contributed by atoms with E-state index in [1.54, 1.807) is 16.2 Å². The van der Waals surface area contributed by atoms with E-state index in [-0.39, 0.29) is 5.91 Å². The molecule has 0 aliphatic heterocycles. The number of para-hydroxylation sites is 1. The minimum atomic E-state index is 0.145. The van der Waals surface area contributed by atoms with Crippen LogP contribution in [0.15, 0.2) is 48.5 Å². The van der Waals surface area contributed by atoms with Crippen molar-refractivity contribution in [3.05, 3.63) is 64.7 Å². The number of nitrogens with one attached hydrogen (secondary N) is 1. The first-order valence-corrected chi connectivity index (χ1v) is 9.84. The van der Waals surface area contributed by atoms with E-state index >= 15 is 0 Å². The standard InChI is InChI=1S/C21H25N3OS/c1-4-16-9-11-17(12-10-16)13-23(2)15-21(25)24(3)14-20-22-18-7-5-6-8-19(18)26-20/h5-12H,4,13-15H2,1-3H3/p+1. The molecule has 1 unspecified atom stereocenters. The number of amides is 1. The highest BCUT2D eigenvalue weighted by atomic mass is 32.1. The summed E-state index contributed by atoms with van der Waals surface area (Å²) in [6, 6.07) is 16.8. The lowest BCUT2D eigenvalue weighted by Crippen LogP contribution is -3.08. The number of benzene rings is 2. The first-order chi connectivity index (χ1) is 12.5. The Kier molecular flexibility index (Phi) is 6.01. The molecule has 0 aliphatic carbocycles. The molecule has 2 aromatic carbocycles. The summed E-state index contributed by atoms with van der Waals surface area (Å²) in [6.45, 7) is 4.06. The summed E-state index contributed by atoms with van der Waals surface area (Å²) in [5.41, 5.74) is 3.62. The first-order valence-electron chi connectivity index (χ1n) is 9.02. The Bertz CT molecular complexity index is 839. The lowest BCUT2D eigenvalue weighted by molar-refractivity contribution is -0.885. The lowest BCUT2D eigenvalue weighted by atomic mass is 10.1. The Morgan fingerprint density at radius 2 is 1.81 bits per heavy atom. The van der Waals surface area contributed by atoms with Crippen molar-refractivity contribution in [1.29, 1.82) is 0 Å². The van der Waals surface area contributed by atoms with Crippen molar-refractivity contribution >= 4 is 27.5 Å². The van der Waals surface area contributed by atoms with Gasteiger partial charge in [-0.05, 0) is 24.1 Å². The molecular weight excluding hydrogens is 342 g/mol. The number of hydrogen-bond acceptors (Lipinski definition) is 3. The number of hydrogen-bond donors (Lipinski definition) is 1. The topological polar surface area (TPSA) is 37.6 Å². The molecular formula is C21H26N3OS+. The second-order valence-electron chi connectivity index (χ2n) is 6.81. The van der Waals surface area contributed by atoms with E-state index in [9.17, 15) is 4.79 Å². The number of carbonyl (C=O) groups excluding carboxylic acids is 1. The first kappa shape index (κ1) is 18.5. The molecule has 3 rings (SSSR count). The zero-order chi connectivity index (χ0) is 18.5. The van der Waals surface area contributed by atoms with Crippen molar-refractivity contribution in [2.75, 3.05) is 20.6 Å². The van der Waals surface area contributed by atoms with Gasteiger partial charge in [-0.25, -0.2) is 4.98 Å². The average Bonchev–Trinajstić information content (AvgIpc) is 3.04. The van der Waals surface area contributed by atoms with Crippen LogP contribution in [0.1, 0.15) is 23.1 Å². The van der Waals surface area contributed by atoms with E-state index in [2.05, 4.69) is 49.3 Å². The van der Waals surface area contributed by atoms with E-state index in [1.807, 2.05) is 25.2 Å². The van der Waals surface area contributed by atoms with E-state index in [4.69, 9.17) is 0 Å². The third kappa shape index (κ3) is 4.68. The number of thiazole rings is 1. The Hall–Kier alpha value is -2.24. The summed E-state index contributed by atoms with van der Waals surface area (Å²) in [6.07, 6.45) is 1.05. The molecule has 1 aromatic heterocycles. The molecule has 1 amide bonds. The minimum absolute atomic E-state index is 0.145. The Balaban J connectivity index is 1.54. The number of quaternary nitrogens is 1. The number of nitrogens with zero attached hydrogens (tertiary/aromatic N) is 2. The molecule has 0 bridgehead atoms. The highest BCUT2D eigenvalue weighted by Crippen LogP contribution is 2.22. The Morgan fingerprint density at radius 3 is 2.50 bits per heavy atom. The van der Waals surface area contributed by atoms with Crippen molar-refractivity contribution in [2.24, 2.45) is 0 Å². The van der Waals surface area contributed by atoms with Gasteiger partial charge < -0.3 is 9.80 Å². The molecule has 136 valence electrons. The molecule has 4 nitrogen and oxygen atoms in total. The van der Waals surface area contributed by atoms with Crippen molar-refractivity contribution in [3.8, 4) is 0 Å².